The number of amides is 1. The standard InChI is InChI=1S/C17H29N5OS/c1-12-14(24-13(2)21-12)10-19-16(18-3)20-11-17(8-6-7-9-17)15(23)22(4)5/h6-11H2,1-5H3,(H2,18,19,20). The number of guanidine groups is 1. The number of nitrogens with one attached hydrogen (secondary N) is 2. The van der Waals surface area contributed by atoms with Gasteiger partial charge >= 0.3 is 0 Å². The predicted molar refractivity (Wildman–Crippen MR) is 99.4 cm³/mol. The molecule has 0 atom stereocenters. The molecule has 6 nitrogen and oxygen atoms in total. The highest BCUT2D eigenvalue weighted by Crippen LogP contribution is 2.38. The molecule has 0 aromatic carbocycles. The van der Waals surface area contributed by atoms with Gasteiger partial charge in [0.25, 0.3) is 0 Å². The van der Waals surface area contributed by atoms with E-state index in [1.165, 1.54) is 4.88 Å². The number of nitrogens with zero attached hydrogens (tertiary/aromatic N) is 3. The third-order valence-electron chi connectivity index (χ3n) is 4.65. The molecule has 1 fully saturated rings. The Labute approximate surface area is 148 Å². The van der Waals surface area contributed by atoms with E-state index in [1.54, 1.807) is 23.3 Å². The lowest BCUT2D eigenvalue weighted by Gasteiger charge is -2.31. The van der Waals surface area contributed by atoms with Crippen molar-refractivity contribution < 1.29 is 4.79 Å². The van der Waals surface area contributed by atoms with Gasteiger partial charge in [0.05, 0.1) is 22.7 Å². The van der Waals surface area contributed by atoms with Gasteiger partial charge in [-0.1, -0.05) is 12.8 Å². The fraction of sp³-hybridized carbons (Fsp3) is 0.706. The Morgan fingerprint density at radius 3 is 2.46 bits per heavy atom. The molecular weight excluding hydrogens is 322 g/mol. The van der Waals surface area contributed by atoms with Crippen molar-refractivity contribution in [2.24, 2.45) is 10.4 Å². The molecule has 1 amide bonds. The van der Waals surface area contributed by atoms with E-state index in [-0.39, 0.29) is 11.3 Å². The van der Waals surface area contributed by atoms with Crippen molar-refractivity contribution >= 4 is 23.2 Å². The molecule has 1 aliphatic rings. The van der Waals surface area contributed by atoms with Gasteiger partial charge in [-0.15, -0.1) is 11.3 Å². The summed E-state index contributed by atoms with van der Waals surface area (Å²) in [7, 11) is 5.43. The average Bonchev–Trinajstić information content (AvgIpc) is 3.14. The van der Waals surface area contributed by atoms with E-state index in [4.69, 9.17) is 0 Å². The summed E-state index contributed by atoms with van der Waals surface area (Å²) in [6.07, 6.45) is 4.13. The van der Waals surface area contributed by atoms with Crippen LogP contribution in [0, 0.1) is 19.3 Å². The Morgan fingerprint density at radius 1 is 1.29 bits per heavy atom. The van der Waals surface area contributed by atoms with Gasteiger partial charge in [-0.25, -0.2) is 4.98 Å². The maximum Gasteiger partial charge on any atom is 0.230 e. The molecule has 1 aliphatic carbocycles. The van der Waals surface area contributed by atoms with Gasteiger partial charge in [0.15, 0.2) is 5.96 Å². The Kier molecular flexibility index (Phi) is 6.21. The Morgan fingerprint density at radius 2 is 1.96 bits per heavy atom. The number of carbonyl (C=O) groups excluding carboxylic acids is 1. The molecule has 134 valence electrons. The van der Waals surface area contributed by atoms with Gasteiger partial charge in [0.1, 0.15) is 0 Å². The van der Waals surface area contributed by atoms with Gasteiger partial charge < -0.3 is 15.5 Å². The summed E-state index contributed by atoms with van der Waals surface area (Å²) in [5.74, 6) is 0.954. The van der Waals surface area contributed by atoms with Crippen LogP contribution in [0.15, 0.2) is 4.99 Å². The molecule has 24 heavy (non-hydrogen) atoms. The summed E-state index contributed by atoms with van der Waals surface area (Å²) in [6.45, 7) is 5.38. The lowest BCUT2D eigenvalue weighted by Crippen LogP contribution is -2.49. The minimum atomic E-state index is -0.294. The normalized spacial score (nSPS) is 17.0. The largest absolute Gasteiger partial charge is 0.355 e. The van der Waals surface area contributed by atoms with Crippen LogP contribution in [-0.2, 0) is 11.3 Å². The summed E-state index contributed by atoms with van der Waals surface area (Å²) in [4.78, 5) is 24.3. The van der Waals surface area contributed by atoms with Crippen LogP contribution in [0.4, 0.5) is 0 Å². The van der Waals surface area contributed by atoms with Crippen LogP contribution in [0.25, 0.3) is 0 Å². The zero-order chi connectivity index (χ0) is 17.7. The first-order valence-corrected chi connectivity index (χ1v) is 9.29. The first kappa shape index (κ1) is 18.7. The number of hydrogen-bond donors (Lipinski definition) is 2. The minimum absolute atomic E-state index is 0.219. The van der Waals surface area contributed by atoms with Gasteiger partial charge in [0.2, 0.25) is 5.91 Å². The molecule has 0 unspecified atom stereocenters. The Hall–Kier alpha value is -1.63. The van der Waals surface area contributed by atoms with Crippen molar-refractivity contribution in [2.75, 3.05) is 27.7 Å². The van der Waals surface area contributed by atoms with Crippen molar-refractivity contribution in [1.29, 1.82) is 0 Å². The molecule has 0 aliphatic heterocycles. The summed E-state index contributed by atoms with van der Waals surface area (Å²) >= 11 is 1.70. The number of aliphatic imine (C=N–C) groups is 1. The average molecular weight is 352 g/mol. The van der Waals surface area contributed by atoms with Gasteiger partial charge in [-0.3, -0.25) is 9.79 Å². The monoisotopic (exact) mass is 351 g/mol. The van der Waals surface area contributed by atoms with E-state index < -0.39 is 0 Å². The summed E-state index contributed by atoms with van der Waals surface area (Å²) in [5, 5.41) is 7.77. The number of aromatic nitrogens is 1. The van der Waals surface area contributed by atoms with E-state index >= 15 is 0 Å². The predicted octanol–water partition coefficient (Wildman–Crippen LogP) is 2.07. The molecule has 1 saturated carbocycles. The number of rotatable bonds is 5. The summed E-state index contributed by atoms with van der Waals surface area (Å²) < 4.78 is 0. The van der Waals surface area contributed by atoms with Crippen LogP contribution in [0.3, 0.4) is 0 Å². The van der Waals surface area contributed by atoms with Crippen molar-refractivity contribution in [3.63, 3.8) is 0 Å². The van der Waals surface area contributed by atoms with Crippen LogP contribution in [0.2, 0.25) is 0 Å². The minimum Gasteiger partial charge on any atom is -0.355 e. The second-order valence-electron chi connectivity index (χ2n) is 6.71. The first-order chi connectivity index (χ1) is 11.4. The smallest absolute Gasteiger partial charge is 0.230 e. The molecule has 7 heteroatoms. The SMILES string of the molecule is CN=C(NCc1sc(C)nc1C)NCC1(C(=O)N(C)C)CCCC1. The van der Waals surface area contributed by atoms with Crippen molar-refractivity contribution in [3.8, 4) is 0 Å². The summed E-state index contributed by atoms with van der Waals surface area (Å²) in [5.41, 5.74) is 0.772. The Balaban J connectivity index is 1.95. The second-order valence-corrected chi connectivity index (χ2v) is 8.00. The van der Waals surface area contributed by atoms with Crippen molar-refractivity contribution in [2.45, 2.75) is 46.1 Å². The first-order valence-electron chi connectivity index (χ1n) is 8.47. The molecule has 0 radical (unpaired) electrons. The van der Waals surface area contributed by atoms with Gasteiger partial charge in [-0.2, -0.15) is 0 Å². The molecule has 1 heterocycles. The van der Waals surface area contributed by atoms with Crippen LogP contribution >= 0.6 is 11.3 Å². The molecule has 2 rings (SSSR count). The number of thiazole rings is 1. The van der Waals surface area contributed by atoms with E-state index in [0.29, 0.717) is 13.1 Å². The zero-order valence-corrected chi connectivity index (χ0v) is 16.2. The zero-order valence-electron chi connectivity index (χ0n) is 15.4. The van der Waals surface area contributed by atoms with Crippen LogP contribution < -0.4 is 10.6 Å². The van der Waals surface area contributed by atoms with E-state index in [2.05, 4.69) is 20.6 Å². The van der Waals surface area contributed by atoms with E-state index in [0.717, 1.165) is 42.3 Å². The highest BCUT2D eigenvalue weighted by molar-refractivity contribution is 7.11. The van der Waals surface area contributed by atoms with Crippen LogP contribution in [0.5, 0.6) is 0 Å². The highest BCUT2D eigenvalue weighted by atomic mass is 32.1. The maximum atomic E-state index is 12.6. The number of aryl methyl sites for hydroxylation is 2. The highest BCUT2D eigenvalue weighted by Gasteiger charge is 2.42. The quantitative estimate of drug-likeness (QED) is 0.629. The third kappa shape index (κ3) is 4.26. The molecule has 0 bridgehead atoms. The van der Waals surface area contributed by atoms with Gasteiger partial charge in [0, 0.05) is 32.6 Å². The molecule has 2 N–H and O–H groups in total. The Bertz CT molecular complexity index is 602. The van der Waals surface area contributed by atoms with Crippen molar-refractivity contribution in [1.82, 2.24) is 20.5 Å². The molecule has 1 aromatic heterocycles. The number of carbonyl (C=O) groups is 1. The van der Waals surface area contributed by atoms with Crippen LogP contribution in [-0.4, -0.2) is 49.4 Å². The summed E-state index contributed by atoms with van der Waals surface area (Å²) in [6, 6.07) is 0. The fourth-order valence-corrected chi connectivity index (χ4v) is 4.24. The molecule has 0 saturated heterocycles. The maximum absolute atomic E-state index is 12.6. The third-order valence-corrected chi connectivity index (χ3v) is 5.73. The molecule has 0 spiro atoms. The topological polar surface area (TPSA) is 69.6 Å². The van der Waals surface area contributed by atoms with Crippen LogP contribution in [0.1, 0.15) is 41.3 Å². The molecule has 1 aromatic rings. The fourth-order valence-electron chi connectivity index (χ4n) is 3.37. The second kappa shape index (κ2) is 7.96. The lowest BCUT2D eigenvalue weighted by molar-refractivity contribution is -0.138. The van der Waals surface area contributed by atoms with Gasteiger partial charge in [-0.05, 0) is 26.7 Å². The van der Waals surface area contributed by atoms with E-state index in [1.807, 2.05) is 27.9 Å². The van der Waals surface area contributed by atoms with Crippen molar-refractivity contribution in [3.05, 3.63) is 15.6 Å². The molecular formula is C17H29N5OS. The number of hydrogen-bond acceptors (Lipinski definition) is 4. The van der Waals surface area contributed by atoms with E-state index in [9.17, 15) is 4.79 Å². The lowest BCUT2D eigenvalue weighted by atomic mass is 9.84.